The van der Waals surface area contributed by atoms with E-state index in [2.05, 4.69) is 23.3 Å². The van der Waals surface area contributed by atoms with E-state index in [1.54, 1.807) is 5.57 Å². The van der Waals surface area contributed by atoms with Gasteiger partial charge in [-0.3, -0.25) is 0 Å². The van der Waals surface area contributed by atoms with Crippen LogP contribution >= 0.6 is 0 Å². The lowest BCUT2D eigenvalue weighted by molar-refractivity contribution is 0.237. The van der Waals surface area contributed by atoms with Crippen LogP contribution in [0.4, 0.5) is 0 Å². The van der Waals surface area contributed by atoms with Crippen molar-refractivity contribution >= 4 is 0 Å². The Labute approximate surface area is 87.4 Å². The van der Waals surface area contributed by atoms with Crippen LogP contribution in [-0.4, -0.2) is 37.6 Å². The average molecular weight is 194 g/mol. The standard InChI is InChI=1S/C12H22N2/c1-14-8-6-12(7-9-14)13-10-11-4-2-3-5-11/h4,12-13H,2-3,5-10H2,1H3. The molecule has 1 aliphatic heterocycles. The molecule has 1 saturated heterocycles. The fourth-order valence-electron chi connectivity index (χ4n) is 2.39. The summed E-state index contributed by atoms with van der Waals surface area (Å²) >= 11 is 0. The van der Waals surface area contributed by atoms with Crippen LogP contribution in [0.3, 0.4) is 0 Å². The van der Waals surface area contributed by atoms with Gasteiger partial charge in [-0.25, -0.2) is 0 Å². The Hall–Kier alpha value is -0.340. The lowest BCUT2D eigenvalue weighted by atomic mass is 10.1. The molecule has 1 fully saturated rings. The maximum Gasteiger partial charge on any atom is 0.0167 e. The Morgan fingerprint density at radius 1 is 1.43 bits per heavy atom. The van der Waals surface area contributed by atoms with Crippen molar-refractivity contribution in [3.63, 3.8) is 0 Å². The summed E-state index contributed by atoms with van der Waals surface area (Å²) in [6, 6.07) is 0.771. The molecule has 0 aromatic rings. The maximum absolute atomic E-state index is 3.69. The van der Waals surface area contributed by atoms with E-state index < -0.39 is 0 Å². The number of nitrogens with zero attached hydrogens (tertiary/aromatic N) is 1. The van der Waals surface area contributed by atoms with Crippen LogP contribution in [-0.2, 0) is 0 Å². The fraction of sp³-hybridized carbons (Fsp3) is 0.833. The second kappa shape index (κ2) is 4.94. The zero-order valence-corrected chi connectivity index (χ0v) is 9.26. The van der Waals surface area contributed by atoms with Crippen LogP contribution in [0.2, 0.25) is 0 Å². The summed E-state index contributed by atoms with van der Waals surface area (Å²) in [5.74, 6) is 0. The third-order valence-corrected chi connectivity index (χ3v) is 3.47. The van der Waals surface area contributed by atoms with Crippen LogP contribution in [0, 0.1) is 0 Å². The summed E-state index contributed by atoms with van der Waals surface area (Å²) < 4.78 is 0. The number of rotatable bonds is 3. The van der Waals surface area contributed by atoms with Crippen LogP contribution < -0.4 is 5.32 Å². The van der Waals surface area contributed by atoms with E-state index in [4.69, 9.17) is 0 Å². The van der Waals surface area contributed by atoms with E-state index in [1.165, 1.54) is 45.2 Å². The van der Waals surface area contributed by atoms with E-state index in [0.717, 1.165) is 12.6 Å². The predicted molar refractivity (Wildman–Crippen MR) is 60.5 cm³/mol. The van der Waals surface area contributed by atoms with Gasteiger partial charge < -0.3 is 10.2 Å². The first kappa shape index (κ1) is 10.2. The van der Waals surface area contributed by atoms with Crippen LogP contribution in [0.1, 0.15) is 32.1 Å². The van der Waals surface area contributed by atoms with Crippen molar-refractivity contribution in [1.29, 1.82) is 0 Å². The first-order chi connectivity index (χ1) is 6.84. The van der Waals surface area contributed by atoms with Crippen LogP contribution in [0.5, 0.6) is 0 Å². The molecule has 2 heteroatoms. The van der Waals surface area contributed by atoms with E-state index in [0.29, 0.717) is 0 Å². The molecule has 0 atom stereocenters. The largest absolute Gasteiger partial charge is 0.310 e. The van der Waals surface area contributed by atoms with Gasteiger partial charge in [0.1, 0.15) is 0 Å². The van der Waals surface area contributed by atoms with E-state index in [9.17, 15) is 0 Å². The van der Waals surface area contributed by atoms with Crippen LogP contribution in [0.15, 0.2) is 11.6 Å². The van der Waals surface area contributed by atoms with Gasteiger partial charge in [-0.2, -0.15) is 0 Å². The monoisotopic (exact) mass is 194 g/mol. The van der Waals surface area contributed by atoms with Gasteiger partial charge in [0.25, 0.3) is 0 Å². The highest BCUT2D eigenvalue weighted by Crippen LogP contribution is 2.17. The van der Waals surface area contributed by atoms with Gasteiger partial charge in [0, 0.05) is 12.6 Å². The lowest BCUT2D eigenvalue weighted by Gasteiger charge is -2.29. The van der Waals surface area contributed by atoms with Gasteiger partial charge in [-0.05, 0) is 52.2 Å². The van der Waals surface area contributed by atoms with Crippen molar-refractivity contribution in [1.82, 2.24) is 10.2 Å². The lowest BCUT2D eigenvalue weighted by Crippen LogP contribution is -2.41. The highest BCUT2D eigenvalue weighted by atomic mass is 15.1. The normalized spacial score (nSPS) is 25.4. The second-order valence-electron chi connectivity index (χ2n) is 4.71. The molecule has 0 unspecified atom stereocenters. The molecule has 0 bridgehead atoms. The van der Waals surface area contributed by atoms with Crippen molar-refractivity contribution in [2.45, 2.75) is 38.1 Å². The molecule has 0 radical (unpaired) electrons. The fourth-order valence-corrected chi connectivity index (χ4v) is 2.39. The highest BCUT2D eigenvalue weighted by molar-refractivity contribution is 5.09. The summed E-state index contributed by atoms with van der Waals surface area (Å²) in [4.78, 5) is 2.42. The maximum atomic E-state index is 3.69. The topological polar surface area (TPSA) is 15.3 Å². The molecule has 0 saturated carbocycles. The third-order valence-electron chi connectivity index (χ3n) is 3.47. The molecule has 2 nitrogen and oxygen atoms in total. The Morgan fingerprint density at radius 3 is 2.86 bits per heavy atom. The zero-order valence-electron chi connectivity index (χ0n) is 9.26. The van der Waals surface area contributed by atoms with E-state index in [-0.39, 0.29) is 0 Å². The molecule has 0 aromatic heterocycles. The number of hydrogen-bond acceptors (Lipinski definition) is 2. The number of allylic oxidation sites excluding steroid dienone is 1. The zero-order chi connectivity index (χ0) is 9.80. The molecule has 1 heterocycles. The molecule has 0 amide bonds. The Bertz CT molecular complexity index is 202. The quantitative estimate of drug-likeness (QED) is 0.689. The molecule has 0 spiro atoms. The number of nitrogens with one attached hydrogen (secondary N) is 1. The minimum Gasteiger partial charge on any atom is -0.310 e. The Balaban J connectivity index is 1.65. The molecule has 1 aliphatic carbocycles. The molecule has 80 valence electrons. The van der Waals surface area contributed by atoms with Crippen molar-refractivity contribution in [2.24, 2.45) is 0 Å². The van der Waals surface area contributed by atoms with Gasteiger partial charge in [-0.1, -0.05) is 11.6 Å². The van der Waals surface area contributed by atoms with E-state index >= 15 is 0 Å². The van der Waals surface area contributed by atoms with Gasteiger partial charge >= 0.3 is 0 Å². The second-order valence-corrected chi connectivity index (χ2v) is 4.71. The van der Waals surface area contributed by atoms with Gasteiger partial charge in [0.05, 0.1) is 0 Å². The Kier molecular flexibility index (Phi) is 3.60. The number of likely N-dealkylation sites (tertiary alicyclic amines) is 1. The van der Waals surface area contributed by atoms with Gasteiger partial charge in [0.15, 0.2) is 0 Å². The number of piperidine rings is 1. The SMILES string of the molecule is CN1CCC(NCC2=CCCC2)CC1. The van der Waals surface area contributed by atoms with Crippen molar-refractivity contribution in [3.05, 3.63) is 11.6 Å². The van der Waals surface area contributed by atoms with E-state index in [1.807, 2.05) is 0 Å². The van der Waals surface area contributed by atoms with Crippen molar-refractivity contribution < 1.29 is 0 Å². The van der Waals surface area contributed by atoms with Crippen molar-refractivity contribution in [2.75, 3.05) is 26.7 Å². The first-order valence-corrected chi connectivity index (χ1v) is 5.94. The average Bonchev–Trinajstić information content (AvgIpc) is 2.70. The smallest absolute Gasteiger partial charge is 0.0167 e. The summed E-state index contributed by atoms with van der Waals surface area (Å²) in [7, 11) is 2.22. The third kappa shape index (κ3) is 2.82. The summed E-state index contributed by atoms with van der Waals surface area (Å²) in [5, 5.41) is 3.69. The van der Waals surface area contributed by atoms with Gasteiger partial charge in [-0.15, -0.1) is 0 Å². The molecule has 2 aliphatic rings. The number of hydrogen-bond donors (Lipinski definition) is 1. The molecule has 0 aromatic carbocycles. The highest BCUT2D eigenvalue weighted by Gasteiger charge is 2.16. The summed E-state index contributed by atoms with van der Waals surface area (Å²) in [6.07, 6.45) is 9.09. The first-order valence-electron chi connectivity index (χ1n) is 5.94. The van der Waals surface area contributed by atoms with Gasteiger partial charge in [0.2, 0.25) is 0 Å². The minimum atomic E-state index is 0.771. The molecule has 2 rings (SSSR count). The molecule has 14 heavy (non-hydrogen) atoms. The molecular formula is C12H22N2. The predicted octanol–water partition coefficient (Wildman–Crippen LogP) is 1.78. The Morgan fingerprint density at radius 2 is 2.21 bits per heavy atom. The van der Waals surface area contributed by atoms with Crippen LogP contribution in [0.25, 0.3) is 0 Å². The molecular weight excluding hydrogens is 172 g/mol. The summed E-state index contributed by atoms with van der Waals surface area (Å²) in [5.41, 5.74) is 1.64. The van der Waals surface area contributed by atoms with Crippen molar-refractivity contribution in [3.8, 4) is 0 Å². The molecule has 1 N–H and O–H groups in total. The summed E-state index contributed by atoms with van der Waals surface area (Å²) in [6.45, 7) is 3.67. The minimum absolute atomic E-state index is 0.771.